The van der Waals surface area contributed by atoms with Crippen LogP contribution in [0.25, 0.3) is 0 Å². The fraction of sp³-hybridized carbons (Fsp3) is 0.818. The number of aliphatic hydroxyl groups is 3. The van der Waals surface area contributed by atoms with Gasteiger partial charge in [-0.15, -0.1) is 0 Å². The largest absolute Gasteiger partial charge is 0.435 e. The molecule has 4 N–H and O–H groups in total. The Morgan fingerprint density at radius 1 is 1.37 bits per heavy atom. The van der Waals surface area contributed by atoms with Crippen molar-refractivity contribution in [2.75, 3.05) is 6.54 Å². The van der Waals surface area contributed by atoms with Crippen molar-refractivity contribution in [3.05, 3.63) is 0 Å². The fourth-order valence-corrected chi connectivity index (χ4v) is 1.80. The van der Waals surface area contributed by atoms with E-state index in [1.807, 2.05) is 6.92 Å². The third kappa shape index (κ3) is 4.13. The summed E-state index contributed by atoms with van der Waals surface area (Å²) in [5.74, 6) is 0. The molecule has 0 aromatic rings. The molecule has 110 valence electrons. The average molecular weight is 276 g/mol. The van der Waals surface area contributed by atoms with E-state index in [1.165, 1.54) is 0 Å². The Labute approximate surface area is 111 Å². The number of hydrogen-bond acceptors (Lipinski definition) is 8. The summed E-state index contributed by atoms with van der Waals surface area (Å²) in [6.07, 6.45) is -6.10. The number of ether oxygens (including phenoxy) is 2. The highest BCUT2D eigenvalue weighted by molar-refractivity contribution is 5.82. The van der Waals surface area contributed by atoms with E-state index in [-0.39, 0.29) is 12.9 Å². The highest BCUT2D eigenvalue weighted by atomic mass is 16.7. The summed E-state index contributed by atoms with van der Waals surface area (Å²) in [5.41, 5.74) is 3.41. The van der Waals surface area contributed by atoms with Gasteiger partial charge < -0.3 is 30.2 Å². The van der Waals surface area contributed by atoms with Gasteiger partial charge in [-0.25, -0.2) is 0 Å². The van der Waals surface area contributed by atoms with Crippen LogP contribution in [0.1, 0.15) is 20.3 Å². The molecule has 8 nitrogen and oxygen atoms in total. The van der Waals surface area contributed by atoms with Gasteiger partial charge in [-0.1, -0.05) is 0 Å². The fourth-order valence-electron chi connectivity index (χ4n) is 1.80. The Bertz CT molecular complexity index is 324. The van der Waals surface area contributed by atoms with Crippen molar-refractivity contribution in [3.8, 4) is 0 Å². The van der Waals surface area contributed by atoms with Crippen LogP contribution in [0.15, 0.2) is 5.10 Å². The summed E-state index contributed by atoms with van der Waals surface area (Å²) in [6, 6.07) is 0. The number of rotatable bonds is 6. The summed E-state index contributed by atoms with van der Waals surface area (Å²) in [4.78, 5) is 10.3. The lowest BCUT2D eigenvalue weighted by molar-refractivity contribution is -0.282. The van der Waals surface area contributed by atoms with E-state index in [1.54, 1.807) is 6.92 Å². The second-order valence-electron chi connectivity index (χ2n) is 4.31. The van der Waals surface area contributed by atoms with Crippen molar-refractivity contribution in [3.63, 3.8) is 0 Å². The molecule has 0 aliphatic carbocycles. The van der Waals surface area contributed by atoms with Crippen LogP contribution in [0.3, 0.4) is 0 Å². The third-order valence-corrected chi connectivity index (χ3v) is 2.78. The normalized spacial score (nSPS) is 35.8. The highest BCUT2D eigenvalue weighted by Gasteiger charge is 2.44. The molecular weight excluding hydrogens is 256 g/mol. The molecule has 5 unspecified atom stereocenters. The number of aliphatic hydroxyl groups excluding tert-OH is 3. The maximum atomic E-state index is 10.3. The van der Waals surface area contributed by atoms with Gasteiger partial charge >= 0.3 is 0 Å². The first-order valence-corrected chi connectivity index (χ1v) is 6.06. The summed E-state index contributed by atoms with van der Waals surface area (Å²) in [6.45, 7) is 4.39. The molecular formula is C11H20N2O6. The van der Waals surface area contributed by atoms with Crippen molar-refractivity contribution in [1.82, 2.24) is 5.43 Å². The SMILES string of the molecule is CCN/N=C(\C)CC1OC(OC=O)C(O)C(O)C1O. The molecule has 1 saturated heterocycles. The molecule has 5 atom stereocenters. The van der Waals surface area contributed by atoms with E-state index >= 15 is 0 Å². The maximum absolute atomic E-state index is 10.3. The first-order valence-electron chi connectivity index (χ1n) is 6.06. The van der Waals surface area contributed by atoms with E-state index in [9.17, 15) is 20.1 Å². The Balaban J connectivity index is 2.68. The van der Waals surface area contributed by atoms with Crippen molar-refractivity contribution in [2.45, 2.75) is 51.0 Å². The van der Waals surface area contributed by atoms with Gasteiger partial charge in [0.1, 0.15) is 18.3 Å². The van der Waals surface area contributed by atoms with E-state index in [0.717, 1.165) is 0 Å². The van der Waals surface area contributed by atoms with Crippen molar-refractivity contribution in [2.24, 2.45) is 5.10 Å². The van der Waals surface area contributed by atoms with Crippen molar-refractivity contribution < 1.29 is 29.6 Å². The van der Waals surface area contributed by atoms with E-state index < -0.39 is 30.7 Å². The van der Waals surface area contributed by atoms with Gasteiger partial charge in [-0.3, -0.25) is 4.79 Å². The van der Waals surface area contributed by atoms with Crippen LogP contribution < -0.4 is 5.43 Å². The maximum Gasteiger partial charge on any atom is 0.295 e. The van der Waals surface area contributed by atoms with Gasteiger partial charge in [-0.2, -0.15) is 5.10 Å². The molecule has 0 spiro atoms. The number of hydrazone groups is 1. The monoisotopic (exact) mass is 276 g/mol. The third-order valence-electron chi connectivity index (χ3n) is 2.78. The molecule has 1 rings (SSSR count). The number of nitrogens with one attached hydrogen (secondary N) is 1. The molecule has 1 heterocycles. The Kier molecular flexibility index (Phi) is 6.16. The van der Waals surface area contributed by atoms with Gasteiger partial charge in [0.05, 0.1) is 6.10 Å². The van der Waals surface area contributed by atoms with E-state index in [4.69, 9.17) is 4.74 Å². The van der Waals surface area contributed by atoms with Crippen LogP contribution in [0.4, 0.5) is 0 Å². The number of carbonyl (C=O) groups excluding carboxylic acids is 1. The van der Waals surface area contributed by atoms with Crippen molar-refractivity contribution in [1.29, 1.82) is 0 Å². The standard InChI is InChI=1S/C11H20N2O6/c1-3-12-13-6(2)4-7-8(15)9(16)10(17)11(19-7)18-5-14/h5,7-12,15-17H,3-4H2,1-2H3/b13-6+. The van der Waals surface area contributed by atoms with Gasteiger partial charge in [0.25, 0.3) is 6.47 Å². The number of hydrogen-bond donors (Lipinski definition) is 4. The molecule has 1 fully saturated rings. The number of nitrogens with zero attached hydrogens (tertiary/aromatic N) is 1. The minimum Gasteiger partial charge on any atom is -0.435 e. The van der Waals surface area contributed by atoms with Gasteiger partial charge in [0.2, 0.25) is 6.29 Å². The molecule has 0 bridgehead atoms. The van der Waals surface area contributed by atoms with Crippen LogP contribution in [0, 0.1) is 0 Å². The predicted octanol–water partition coefficient (Wildman–Crippen LogP) is -1.66. The summed E-state index contributed by atoms with van der Waals surface area (Å²) >= 11 is 0. The molecule has 0 radical (unpaired) electrons. The van der Waals surface area contributed by atoms with Gasteiger partial charge in [0.15, 0.2) is 0 Å². The summed E-state index contributed by atoms with van der Waals surface area (Å²) in [5, 5.41) is 33.1. The topological polar surface area (TPSA) is 121 Å². The zero-order valence-electron chi connectivity index (χ0n) is 10.9. The summed E-state index contributed by atoms with van der Waals surface area (Å²) in [7, 11) is 0. The molecule has 0 amide bonds. The minimum atomic E-state index is -1.48. The van der Waals surface area contributed by atoms with Gasteiger partial charge in [-0.05, 0) is 13.8 Å². The van der Waals surface area contributed by atoms with E-state index in [0.29, 0.717) is 12.3 Å². The zero-order valence-corrected chi connectivity index (χ0v) is 10.9. The van der Waals surface area contributed by atoms with Crippen LogP contribution in [0.2, 0.25) is 0 Å². The number of carbonyl (C=O) groups is 1. The lowest BCUT2D eigenvalue weighted by atomic mass is 9.95. The van der Waals surface area contributed by atoms with Crippen LogP contribution in [-0.4, -0.2) is 64.8 Å². The molecule has 19 heavy (non-hydrogen) atoms. The average Bonchev–Trinajstić information content (AvgIpc) is 2.39. The first-order chi connectivity index (χ1) is 9.01. The lowest BCUT2D eigenvalue weighted by Gasteiger charge is -2.39. The van der Waals surface area contributed by atoms with Gasteiger partial charge in [0, 0.05) is 18.7 Å². The molecule has 0 saturated carbocycles. The zero-order chi connectivity index (χ0) is 14.4. The van der Waals surface area contributed by atoms with Crippen LogP contribution in [-0.2, 0) is 14.3 Å². The molecule has 1 aliphatic rings. The Morgan fingerprint density at radius 2 is 2.05 bits per heavy atom. The smallest absolute Gasteiger partial charge is 0.295 e. The first kappa shape index (κ1) is 15.8. The quantitative estimate of drug-likeness (QED) is 0.260. The van der Waals surface area contributed by atoms with Crippen molar-refractivity contribution >= 4 is 12.2 Å². The summed E-state index contributed by atoms with van der Waals surface area (Å²) < 4.78 is 9.78. The molecule has 8 heteroatoms. The van der Waals surface area contributed by atoms with E-state index in [2.05, 4.69) is 15.3 Å². The molecule has 0 aromatic heterocycles. The Morgan fingerprint density at radius 3 is 2.63 bits per heavy atom. The predicted molar refractivity (Wildman–Crippen MR) is 65.2 cm³/mol. The Hall–Kier alpha value is -1.22. The molecule has 0 aromatic carbocycles. The minimum absolute atomic E-state index is 0.120. The second kappa shape index (κ2) is 7.39. The van der Waals surface area contributed by atoms with Crippen LogP contribution >= 0.6 is 0 Å². The van der Waals surface area contributed by atoms with Crippen LogP contribution in [0.5, 0.6) is 0 Å². The second-order valence-corrected chi connectivity index (χ2v) is 4.31. The highest BCUT2D eigenvalue weighted by Crippen LogP contribution is 2.23. The molecule has 1 aliphatic heterocycles. The lowest BCUT2D eigenvalue weighted by Crippen LogP contribution is -2.58.